The fourth-order valence-electron chi connectivity index (χ4n) is 9.77. The van der Waals surface area contributed by atoms with Crippen LogP contribution in [-0.2, 0) is 16.1 Å². The molecule has 4 aliphatic rings. The summed E-state index contributed by atoms with van der Waals surface area (Å²) in [4.78, 5) is 16.3. The van der Waals surface area contributed by atoms with E-state index in [2.05, 4.69) is 43.2 Å². The minimum Gasteiger partial charge on any atom is -0.469 e. The Hall–Kier alpha value is -1.46. The number of aliphatic hydroxyl groups excluding tert-OH is 1. The van der Waals surface area contributed by atoms with Crippen LogP contribution in [0.5, 0.6) is 0 Å². The zero-order valence-electron chi connectivity index (χ0n) is 22.9. The number of esters is 1. The molecule has 200 valence electrons. The first-order valence-electron chi connectivity index (χ1n) is 14.7. The van der Waals surface area contributed by atoms with Crippen molar-refractivity contribution in [1.29, 1.82) is 0 Å². The minimum atomic E-state index is -0.229. The van der Waals surface area contributed by atoms with Crippen molar-refractivity contribution in [2.45, 2.75) is 104 Å². The van der Waals surface area contributed by atoms with E-state index in [1.807, 2.05) is 12.3 Å². The Morgan fingerprint density at radius 2 is 2.00 bits per heavy atom. The third-order valence-electron chi connectivity index (χ3n) is 11.9. The molecule has 10 atom stereocenters. The Morgan fingerprint density at radius 1 is 1.17 bits per heavy atom. The molecule has 0 saturated heterocycles. The fraction of sp³-hybridized carbons (Fsp3) is 0.806. The Morgan fingerprint density at radius 3 is 2.75 bits per heavy atom. The Labute approximate surface area is 218 Å². The molecule has 4 aliphatic carbocycles. The predicted octanol–water partition coefficient (Wildman–Crippen LogP) is 5.76. The van der Waals surface area contributed by atoms with Gasteiger partial charge in [-0.25, -0.2) is 0 Å². The molecular formula is C31H48N2O3. The number of methoxy groups -OCH3 is 1. The molecule has 36 heavy (non-hydrogen) atoms. The molecule has 3 unspecified atom stereocenters. The van der Waals surface area contributed by atoms with E-state index in [0.29, 0.717) is 41.5 Å². The minimum absolute atomic E-state index is 0.0126. The van der Waals surface area contributed by atoms with Gasteiger partial charge in [-0.05, 0) is 116 Å². The molecule has 0 aromatic carbocycles. The smallest absolute Gasteiger partial charge is 0.305 e. The number of hydrogen-bond donors (Lipinski definition) is 2. The van der Waals surface area contributed by atoms with Gasteiger partial charge in [0.05, 0.1) is 18.9 Å². The molecule has 4 saturated carbocycles. The number of hydrogen-bond acceptors (Lipinski definition) is 5. The lowest BCUT2D eigenvalue weighted by molar-refractivity contribution is -0.170. The summed E-state index contributed by atoms with van der Waals surface area (Å²) in [6, 6.07) is 6.73. The molecule has 5 nitrogen and oxygen atoms in total. The van der Waals surface area contributed by atoms with Crippen LogP contribution in [0.4, 0.5) is 0 Å². The van der Waals surface area contributed by atoms with Gasteiger partial charge in [-0.3, -0.25) is 9.78 Å². The maximum Gasteiger partial charge on any atom is 0.305 e. The van der Waals surface area contributed by atoms with E-state index in [0.717, 1.165) is 36.9 Å². The Bertz CT molecular complexity index is 908. The molecule has 0 amide bonds. The van der Waals surface area contributed by atoms with Gasteiger partial charge in [-0.15, -0.1) is 0 Å². The largest absolute Gasteiger partial charge is 0.469 e. The van der Waals surface area contributed by atoms with Crippen LogP contribution in [0.25, 0.3) is 0 Å². The van der Waals surface area contributed by atoms with Crippen molar-refractivity contribution in [2.75, 3.05) is 7.11 Å². The molecule has 0 spiro atoms. The van der Waals surface area contributed by atoms with Crippen LogP contribution in [0.15, 0.2) is 24.4 Å². The molecule has 0 radical (unpaired) electrons. The number of fused-ring (bicyclic) bond motifs is 5. The van der Waals surface area contributed by atoms with E-state index in [1.165, 1.54) is 52.1 Å². The normalized spacial score (nSPS) is 42.6. The number of rotatable bonds is 7. The van der Waals surface area contributed by atoms with Crippen LogP contribution < -0.4 is 5.32 Å². The average Bonchev–Trinajstić information content (AvgIpc) is 3.25. The van der Waals surface area contributed by atoms with E-state index in [1.54, 1.807) is 0 Å². The first-order valence-corrected chi connectivity index (χ1v) is 14.7. The van der Waals surface area contributed by atoms with Gasteiger partial charge in [0.15, 0.2) is 0 Å². The third-order valence-corrected chi connectivity index (χ3v) is 11.9. The van der Waals surface area contributed by atoms with Gasteiger partial charge in [0.2, 0.25) is 0 Å². The van der Waals surface area contributed by atoms with Crippen LogP contribution in [-0.4, -0.2) is 35.3 Å². The second-order valence-electron chi connectivity index (χ2n) is 13.2. The van der Waals surface area contributed by atoms with Crippen LogP contribution in [0.3, 0.4) is 0 Å². The van der Waals surface area contributed by atoms with Crippen molar-refractivity contribution < 1.29 is 14.6 Å². The van der Waals surface area contributed by atoms with Gasteiger partial charge < -0.3 is 15.2 Å². The van der Waals surface area contributed by atoms with Crippen molar-refractivity contribution in [2.24, 2.45) is 46.3 Å². The standard InChI is InChI=1S/C31H48N2O3/c1-20(8-13-29(35)36-4)25-11-12-26-24-10-9-21-17-22(33-19-23-7-5-6-16-32-23)14-15-30(21,2)27(24)18-28(34)31(25,26)3/h5-7,16,20-22,24-28,33-34H,8-15,17-19H2,1-4H3/t20-,21+,22+,24?,25-,26?,27?,28+,30+,31-/m1/s1. The first kappa shape index (κ1) is 26.2. The maximum atomic E-state index is 11.8. The van der Waals surface area contributed by atoms with Gasteiger partial charge >= 0.3 is 5.97 Å². The lowest BCUT2D eigenvalue weighted by atomic mass is 9.43. The maximum absolute atomic E-state index is 11.8. The second-order valence-corrected chi connectivity index (χ2v) is 13.2. The Balaban J connectivity index is 1.25. The molecule has 5 rings (SSSR count). The summed E-state index contributed by atoms with van der Waals surface area (Å²) in [5, 5.41) is 15.6. The summed E-state index contributed by atoms with van der Waals surface area (Å²) in [6.45, 7) is 8.13. The second kappa shape index (κ2) is 10.4. The fourth-order valence-corrected chi connectivity index (χ4v) is 9.77. The van der Waals surface area contributed by atoms with Crippen LogP contribution >= 0.6 is 0 Å². The van der Waals surface area contributed by atoms with E-state index in [-0.39, 0.29) is 17.5 Å². The summed E-state index contributed by atoms with van der Waals surface area (Å²) in [5.74, 6) is 3.59. The number of aromatic nitrogens is 1. The summed E-state index contributed by atoms with van der Waals surface area (Å²) in [6.07, 6.45) is 12.9. The number of carbonyl (C=O) groups is 1. The van der Waals surface area contributed by atoms with Gasteiger partial charge in [-0.2, -0.15) is 0 Å². The summed E-state index contributed by atoms with van der Waals surface area (Å²) >= 11 is 0. The van der Waals surface area contributed by atoms with E-state index < -0.39 is 0 Å². The zero-order valence-corrected chi connectivity index (χ0v) is 22.9. The van der Waals surface area contributed by atoms with Gasteiger partial charge in [-0.1, -0.05) is 26.8 Å². The summed E-state index contributed by atoms with van der Waals surface area (Å²) in [7, 11) is 1.48. The number of aliphatic hydroxyl groups is 1. The monoisotopic (exact) mass is 496 g/mol. The Kier molecular flexibility index (Phi) is 7.53. The molecule has 4 fully saturated rings. The SMILES string of the molecule is COC(=O)CC[C@@H](C)[C@H]1CCC2C3CC[C@H]4C[C@@H](NCc5ccccn5)CC[C@]4(C)C3C[C@H](O)[C@@]21C. The highest BCUT2D eigenvalue weighted by Gasteiger charge is 2.63. The van der Waals surface area contributed by atoms with E-state index in [4.69, 9.17) is 4.74 Å². The number of nitrogens with one attached hydrogen (secondary N) is 1. The molecule has 1 aromatic heterocycles. The number of pyridine rings is 1. The number of carbonyl (C=O) groups excluding carboxylic acids is 1. The number of nitrogens with zero attached hydrogens (tertiary/aromatic N) is 1. The van der Waals surface area contributed by atoms with Crippen LogP contribution in [0.2, 0.25) is 0 Å². The molecule has 1 heterocycles. The molecule has 0 aliphatic heterocycles. The van der Waals surface area contributed by atoms with Crippen molar-refractivity contribution in [3.63, 3.8) is 0 Å². The highest BCUT2D eigenvalue weighted by molar-refractivity contribution is 5.69. The lowest BCUT2D eigenvalue weighted by Gasteiger charge is -2.62. The molecule has 5 heteroatoms. The quantitative estimate of drug-likeness (QED) is 0.470. The predicted molar refractivity (Wildman–Crippen MR) is 142 cm³/mol. The van der Waals surface area contributed by atoms with Crippen molar-refractivity contribution in [3.8, 4) is 0 Å². The highest BCUT2D eigenvalue weighted by Crippen LogP contribution is 2.68. The number of ether oxygens (including phenoxy) is 1. The molecule has 0 bridgehead atoms. The highest BCUT2D eigenvalue weighted by atomic mass is 16.5. The molecule has 2 N–H and O–H groups in total. The zero-order chi connectivity index (χ0) is 25.5. The first-order chi connectivity index (χ1) is 17.3. The van der Waals surface area contributed by atoms with Gasteiger partial charge in [0.1, 0.15) is 0 Å². The average molecular weight is 497 g/mol. The third kappa shape index (κ3) is 4.53. The van der Waals surface area contributed by atoms with E-state index >= 15 is 0 Å². The van der Waals surface area contributed by atoms with E-state index in [9.17, 15) is 9.90 Å². The summed E-state index contributed by atoms with van der Waals surface area (Å²) in [5.41, 5.74) is 1.46. The topological polar surface area (TPSA) is 71.5 Å². The van der Waals surface area contributed by atoms with Gasteiger partial charge in [0.25, 0.3) is 0 Å². The van der Waals surface area contributed by atoms with Crippen LogP contribution in [0.1, 0.15) is 90.7 Å². The van der Waals surface area contributed by atoms with Crippen molar-refractivity contribution in [1.82, 2.24) is 10.3 Å². The van der Waals surface area contributed by atoms with Crippen molar-refractivity contribution >= 4 is 5.97 Å². The van der Waals surface area contributed by atoms with Crippen LogP contribution in [0, 0.1) is 46.3 Å². The molecule has 1 aromatic rings. The molecular weight excluding hydrogens is 448 g/mol. The summed E-state index contributed by atoms with van der Waals surface area (Å²) < 4.78 is 4.90. The lowest BCUT2D eigenvalue weighted by Crippen LogP contribution is -2.59. The van der Waals surface area contributed by atoms with Gasteiger partial charge in [0, 0.05) is 25.2 Å². The van der Waals surface area contributed by atoms with Crippen molar-refractivity contribution in [3.05, 3.63) is 30.1 Å².